The highest BCUT2D eigenvalue weighted by atomic mass is 32.2. The Morgan fingerprint density at radius 2 is 1.57 bits per heavy atom. The average Bonchev–Trinajstić information content (AvgIpc) is 2.95. The molecule has 0 radical (unpaired) electrons. The summed E-state index contributed by atoms with van der Waals surface area (Å²) in [6, 6.07) is 12.0. The first kappa shape index (κ1) is 33.2. The molecule has 15 heteroatoms. The van der Waals surface area contributed by atoms with Gasteiger partial charge in [-0.15, -0.1) is 0 Å². The molecule has 0 spiro atoms. The third kappa shape index (κ3) is 6.54. The normalized spacial score (nSPS) is 16.8. The number of aliphatic hydroxyl groups excluding tert-OH is 1. The highest BCUT2D eigenvalue weighted by Crippen LogP contribution is 2.51. The summed E-state index contributed by atoms with van der Waals surface area (Å²) in [5.74, 6) is -1.44. The van der Waals surface area contributed by atoms with E-state index in [2.05, 4.69) is 5.32 Å². The van der Waals surface area contributed by atoms with Gasteiger partial charge in [0, 0.05) is 12.0 Å². The van der Waals surface area contributed by atoms with Gasteiger partial charge in [0.05, 0.1) is 29.3 Å². The third-order valence-electron chi connectivity index (χ3n) is 7.34. The number of aryl methyl sites for hydroxylation is 1. The van der Waals surface area contributed by atoms with Crippen LogP contribution in [0.25, 0.3) is 0 Å². The van der Waals surface area contributed by atoms with Crippen molar-refractivity contribution in [1.82, 2.24) is 5.32 Å². The number of carbonyl (C=O) groups is 1. The summed E-state index contributed by atoms with van der Waals surface area (Å²) in [4.78, 5) is 12.6. The molecule has 7 nitrogen and oxygen atoms in total. The van der Waals surface area contributed by atoms with Crippen LogP contribution in [-0.4, -0.2) is 55.6 Å². The Labute approximate surface area is 248 Å². The van der Waals surface area contributed by atoms with Gasteiger partial charge in [0.25, 0.3) is 15.6 Å². The number of hydrogen-bond donors (Lipinski definition) is 3. The van der Waals surface area contributed by atoms with Gasteiger partial charge in [0.2, 0.25) is 5.91 Å². The lowest BCUT2D eigenvalue weighted by atomic mass is 9.87. The molecule has 2 atom stereocenters. The van der Waals surface area contributed by atoms with E-state index < -0.39 is 75.3 Å². The maximum Gasteiger partial charge on any atom is 0.430 e. The Morgan fingerprint density at radius 3 is 2.14 bits per heavy atom. The molecule has 3 aromatic carbocycles. The van der Waals surface area contributed by atoms with E-state index in [1.807, 2.05) is 0 Å². The predicted octanol–water partition coefficient (Wildman–Crippen LogP) is 4.76. The predicted molar refractivity (Wildman–Crippen MR) is 144 cm³/mol. The van der Waals surface area contributed by atoms with E-state index in [1.165, 1.54) is 0 Å². The van der Waals surface area contributed by atoms with E-state index >= 15 is 0 Å². The standard InChI is InChI=1S/C29H27F7N2O5S/c30-21-8-11-24(12-9-21)44(42,43)38-23(16-26(40)37-22(17-39)14-18-4-2-1-3-5-18)10-6-19-15-20(7-13-25(19)38)27(41,28(31,32)33)29(34,35)36/h1-5,7-9,11-13,15,22-23,39,41H,6,10,14,16-17H2,(H,37,40)/t22-,23+/m1/s1. The second-order valence-corrected chi connectivity index (χ2v) is 12.2. The number of hydrogen-bond acceptors (Lipinski definition) is 5. The lowest BCUT2D eigenvalue weighted by molar-refractivity contribution is -0.376. The van der Waals surface area contributed by atoms with Crippen molar-refractivity contribution in [3.63, 3.8) is 0 Å². The number of fused-ring (bicyclic) bond motifs is 1. The van der Waals surface area contributed by atoms with Crippen LogP contribution in [0.15, 0.2) is 77.7 Å². The van der Waals surface area contributed by atoms with Crippen LogP contribution in [0.3, 0.4) is 0 Å². The Bertz CT molecular complexity index is 1570. The number of sulfonamides is 1. The molecule has 44 heavy (non-hydrogen) atoms. The third-order valence-corrected chi connectivity index (χ3v) is 9.22. The molecule has 0 aliphatic carbocycles. The summed E-state index contributed by atoms with van der Waals surface area (Å²) in [5, 5.41) is 22.3. The summed E-state index contributed by atoms with van der Waals surface area (Å²) in [6.45, 7) is -0.449. The maximum absolute atomic E-state index is 13.8. The highest BCUT2D eigenvalue weighted by molar-refractivity contribution is 7.92. The molecule has 1 aliphatic rings. The minimum Gasteiger partial charge on any atom is -0.394 e. The van der Waals surface area contributed by atoms with Crippen molar-refractivity contribution in [2.24, 2.45) is 0 Å². The molecular weight excluding hydrogens is 621 g/mol. The molecule has 1 amide bonds. The van der Waals surface area contributed by atoms with Crippen molar-refractivity contribution in [3.05, 3.63) is 95.3 Å². The van der Waals surface area contributed by atoms with Crippen molar-refractivity contribution in [1.29, 1.82) is 0 Å². The molecule has 3 N–H and O–H groups in total. The zero-order valence-corrected chi connectivity index (χ0v) is 23.6. The fourth-order valence-corrected chi connectivity index (χ4v) is 6.86. The van der Waals surface area contributed by atoms with E-state index in [4.69, 9.17) is 0 Å². The number of halogens is 7. The number of rotatable bonds is 9. The van der Waals surface area contributed by atoms with Crippen LogP contribution in [0.2, 0.25) is 0 Å². The number of alkyl halides is 6. The van der Waals surface area contributed by atoms with Crippen LogP contribution in [0.1, 0.15) is 29.5 Å². The zero-order chi connectivity index (χ0) is 32.5. The molecule has 1 heterocycles. The lowest BCUT2D eigenvalue weighted by Crippen LogP contribution is -2.54. The topological polar surface area (TPSA) is 107 Å². The molecule has 0 unspecified atom stereocenters. The van der Waals surface area contributed by atoms with Gasteiger partial charge in [-0.05, 0) is 60.7 Å². The van der Waals surface area contributed by atoms with E-state index in [1.54, 1.807) is 30.3 Å². The first-order valence-corrected chi connectivity index (χ1v) is 14.7. The number of aliphatic hydroxyl groups is 2. The zero-order valence-electron chi connectivity index (χ0n) is 22.7. The summed E-state index contributed by atoms with van der Waals surface area (Å²) in [5.41, 5.74) is -6.55. The summed E-state index contributed by atoms with van der Waals surface area (Å²) >= 11 is 0. The van der Waals surface area contributed by atoms with Gasteiger partial charge >= 0.3 is 12.4 Å². The summed E-state index contributed by atoms with van der Waals surface area (Å²) < 4.78 is 123. The van der Waals surface area contributed by atoms with Crippen LogP contribution in [-0.2, 0) is 33.3 Å². The van der Waals surface area contributed by atoms with Gasteiger partial charge in [-0.1, -0.05) is 42.5 Å². The molecule has 0 saturated carbocycles. The molecule has 0 aromatic heterocycles. The number of nitrogens with zero attached hydrogens (tertiary/aromatic N) is 1. The van der Waals surface area contributed by atoms with Gasteiger partial charge in [-0.3, -0.25) is 9.10 Å². The lowest BCUT2D eigenvalue weighted by Gasteiger charge is -2.39. The smallest absolute Gasteiger partial charge is 0.394 e. The maximum atomic E-state index is 13.8. The molecule has 1 aliphatic heterocycles. The van der Waals surface area contributed by atoms with Crippen molar-refractivity contribution in [2.45, 2.75) is 60.6 Å². The Kier molecular flexibility index (Phi) is 9.33. The number of anilines is 1. The van der Waals surface area contributed by atoms with Gasteiger partial charge in [-0.25, -0.2) is 12.8 Å². The fraction of sp³-hybridized carbons (Fsp3) is 0.345. The molecular formula is C29H27F7N2O5S. The van der Waals surface area contributed by atoms with Crippen LogP contribution >= 0.6 is 0 Å². The number of carbonyl (C=O) groups excluding carboxylic acids is 1. The van der Waals surface area contributed by atoms with Crippen LogP contribution in [0.4, 0.5) is 36.4 Å². The van der Waals surface area contributed by atoms with Crippen molar-refractivity contribution < 1.29 is 54.2 Å². The fourth-order valence-electron chi connectivity index (χ4n) is 5.14. The van der Waals surface area contributed by atoms with Crippen LogP contribution < -0.4 is 9.62 Å². The van der Waals surface area contributed by atoms with Crippen molar-refractivity contribution >= 4 is 21.6 Å². The van der Waals surface area contributed by atoms with Gasteiger partial charge in [-0.2, -0.15) is 26.3 Å². The molecule has 0 fully saturated rings. The minimum atomic E-state index is -6.16. The molecule has 3 aromatic rings. The molecule has 4 rings (SSSR count). The molecule has 0 saturated heterocycles. The number of nitrogens with one attached hydrogen (secondary N) is 1. The second-order valence-electron chi connectivity index (χ2n) is 10.3. The van der Waals surface area contributed by atoms with E-state index in [9.17, 15) is 54.2 Å². The Balaban J connectivity index is 1.72. The highest BCUT2D eigenvalue weighted by Gasteiger charge is 2.71. The van der Waals surface area contributed by atoms with Gasteiger partial charge < -0.3 is 15.5 Å². The number of benzene rings is 3. The number of amides is 1. The summed E-state index contributed by atoms with van der Waals surface area (Å²) in [6.07, 6.45) is -13.0. The first-order valence-electron chi connectivity index (χ1n) is 13.2. The first-order chi connectivity index (χ1) is 20.5. The summed E-state index contributed by atoms with van der Waals surface area (Å²) in [7, 11) is -4.64. The van der Waals surface area contributed by atoms with Gasteiger partial charge in [0.1, 0.15) is 5.82 Å². The monoisotopic (exact) mass is 648 g/mol. The molecule has 238 valence electrons. The van der Waals surface area contributed by atoms with Crippen LogP contribution in [0, 0.1) is 5.82 Å². The van der Waals surface area contributed by atoms with E-state index in [0.717, 1.165) is 29.8 Å². The van der Waals surface area contributed by atoms with E-state index in [-0.39, 0.29) is 30.5 Å². The molecule has 0 bridgehead atoms. The van der Waals surface area contributed by atoms with Gasteiger partial charge in [0.15, 0.2) is 0 Å². The SMILES string of the molecule is O=C(C[C@@H]1CCc2cc(C(O)(C(F)(F)F)C(F)(F)F)ccc2N1S(=O)(=O)c1ccc(F)cc1)N[C@@H](CO)Cc1ccccc1. The second kappa shape index (κ2) is 12.4. The Morgan fingerprint density at radius 1 is 0.955 bits per heavy atom. The largest absolute Gasteiger partial charge is 0.430 e. The Hall–Kier alpha value is -3.69. The van der Waals surface area contributed by atoms with Crippen molar-refractivity contribution in [2.75, 3.05) is 10.9 Å². The quantitative estimate of drug-likeness (QED) is 0.291. The average molecular weight is 649 g/mol. The van der Waals surface area contributed by atoms with E-state index in [0.29, 0.717) is 22.5 Å². The minimum absolute atomic E-state index is 0.205. The van der Waals surface area contributed by atoms with Crippen molar-refractivity contribution in [3.8, 4) is 0 Å². The van der Waals surface area contributed by atoms with Crippen LogP contribution in [0.5, 0.6) is 0 Å².